The van der Waals surface area contributed by atoms with Crippen LogP contribution in [0.3, 0.4) is 0 Å². The molecule has 0 fully saturated rings. The van der Waals surface area contributed by atoms with E-state index in [1.165, 1.54) is 0 Å². The third-order valence-corrected chi connectivity index (χ3v) is 3.14. The third kappa shape index (κ3) is 3.54. The van der Waals surface area contributed by atoms with Gasteiger partial charge in [0, 0.05) is 30.8 Å². The molecule has 0 radical (unpaired) electrons. The number of ketones is 1. The zero-order valence-electron chi connectivity index (χ0n) is 10.7. The summed E-state index contributed by atoms with van der Waals surface area (Å²) in [6, 6.07) is 5.12. The Bertz CT molecular complexity index is 486. The number of aliphatic hydroxyl groups is 1. The molecule has 3 N–H and O–H groups in total. The molecule has 0 saturated heterocycles. The number of nitrogens with one attached hydrogen (secondary N) is 2. The number of urea groups is 1. The van der Waals surface area contributed by atoms with Crippen molar-refractivity contribution in [1.82, 2.24) is 5.32 Å². The molecule has 0 bridgehead atoms. The second-order valence-electron chi connectivity index (χ2n) is 4.61. The third-order valence-electron chi connectivity index (χ3n) is 3.14. The Kier molecular flexibility index (Phi) is 4.52. The van der Waals surface area contributed by atoms with Crippen LogP contribution in [0.5, 0.6) is 0 Å². The van der Waals surface area contributed by atoms with Gasteiger partial charge in [0.15, 0.2) is 5.78 Å². The van der Waals surface area contributed by atoms with E-state index in [0.29, 0.717) is 25.1 Å². The maximum Gasteiger partial charge on any atom is 0.319 e. The smallest absolute Gasteiger partial charge is 0.319 e. The Morgan fingerprint density at radius 1 is 1.32 bits per heavy atom. The molecule has 2 rings (SSSR count). The lowest BCUT2D eigenvalue weighted by Gasteiger charge is -2.16. The summed E-state index contributed by atoms with van der Waals surface area (Å²) in [4.78, 5) is 23.3. The van der Waals surface area contributed by atoms with Crippen LogP contribution in [0.25, 0.3) is 0 Å². The van der Waals surface area contributed by atoms with Gasteiger partial charge in [-0.25, -0.2) is 4.79 Å². The minimum absolute atomic E-state index is 0.0492. The highest BCUT2D eigenvalue weighted by Crippen LogP contribution is 2.24. The molecule has 19 heavy (non-hydrogen) atoms. The first-order valence-corrected chi connectivity index (χ1v) is 6.52. The molecule has 0 unspecified atom stereocenters. The largest absolute Gasteiger partial charge is 0.396 e. The molecule has 2 amide bonds. The summed E-state index contributed by atoms with van der Waals surface area (Å²) in [5.74, 6) is 0.144. The maximum absolute atomic E-state index is 11.8. The molecule has 0 heterocycles. The minimum atomic E-state index is -0.323. The summed E-state index contributed by atoms with van der Waals surface area (Å²) in [5, 5.41) is 13.9. The molecule has 1 aliphatic rings. The van der Waals surface area contributed by atoms with E-state index >= 15 is 0 Å². The Hall–Kier alpha value is -1.88. The highest BCUT2D eigenvalue weighted by molar-refractivity contribution is 6.00. The van der Waals surface area contributed by atoms with Crippen LogP contribution in [0, 0.1) is 0 Å². The number of amides is 2. The standard InChI is InChI=1S/C14H18N2O3/c17-8-2-7-15-14(19)16-11-6-5-10-3-1-4-13(18)12(10)9-11/h5-6,9,17H,1-4,7-8H2,(H2,15,16,19). The van der Waals surface area contributed by atoms with E-state index in [9.17, 15) is 9.59 Å². The monoisotopic (exact) mass is 262 g/mol. The van der Waals surface area contributed by atoms with E-state index in [-0.39, 0.29) is 18.4 Å². The van der Waals surface area contributed by atoms with Crippen LogP contribution in [0.1, 0.15) is 35.2 Å². The predicted molar refractivity (Wildman–Crippen MR) is 72.4 cm³/mol. The van der Waals surface area contributed by atoms with Gasteiger partial charge in [-0.3, -0.25) is 4.79 Å². The van der Waals surface area contributed by atoms with Crippen molar-refractivity contribution in [1.29, 1.82) is 0 Å². The lowest BCUT2D eigenvalue weighted by molar-refractivity contribution is 0.0972. The molecule has 0 aromatic heterocycles. The van der Waals surface area contributed by atoms with Crippen molar-refractivity contribution >= 4 is 17.5 Å². The molecular weight excluding hydrogens is 244 g/mol. The summed E-state index contributed by atoms with van der Waals surface area (Å²) >= 11 is 0. The molecule has 1 aliphatic carbocycles. The van der Waals surface area contributed by atoms with Gasteiger partial charge in [-0.1, -0.05) is 6.07 Å². The molecular formula is C14H18N2O3. The summed E-state index contributed by atoms with van der Waals surface area (Å²) in [6.07, 6.45) is 2.93. The van der Waals surface area contributed by atoms with Gasteiger partial charge in [0.2, 0.25) is 0 Å². The van der Waals surface area contributed by atoms with Crippen molar-refractivity contribution in [3.8, 4) is 0 Å². The zero-order valence-corrected chi connectivity index (χ0v) is 10.7. The summed E-state index contributed by atoms with van der Waals surface area (Å²) in [7, 11) is 0. The molecule has 1 aromatic carbocycles. The van der Waals surface area contributed by atoms with E-state index in [4.69, 9.17) is 5.11 Å². The van der Waals surface area contributed by atoms with E-state index < -0.39 is 0 Å². The van der Waals surface area contributed by atoms with E-state index in [2.05, 4.69) is 10.6 Å². The van der Waals surface area contributed by atoms with Crippen molar-refractivity contribution in [2.24, 2.45) is 0 Å². The number of hydrogen-bond donors (Lipinski definition) is 3. The van der Waals surface area contributed by atoms with Gasteiger partial charge in [-0.05, 0) is 37.0 Å². The summed E-state index contributed by atoms with van der Waals surface area (Å²) in [6.45, 7) is 0.472. The molecule has 0 saturated carbocycles. The van der Waals surface area contributed by atoms with Crippen LogP contribution in [0.2, 0.25) is 0 Å². The van der Waals surface area contributed by atoms with Crippen molar-refractivity contribution < 1.29 is 14.7 Å². The SMILES string of the molecule is O=C(NCCCO)Nc1ccc2c(c1)C(=O)CCC2. The quantitative estimate of drug-likeness (QED) is 0.723. The van der Waals surface area contributed by atoms with Crippen molar-refractivity contribution in [3.05, 3.63) is 29.3 Å². The highest BCUT2D eigenvalue weighted by atomic mass is 16.3. The number of Topliss-reactive ketones (excluding diaryl/α,β-unsaturated/α-hetero) is 1. The van der Waals surface area contributed by atoms with Crippen LogP contribution in [0.4, 0.5) is 10.5 Å². The molecule has 0 atom stereocenters. The topological polar surface area (TPSA) is 78.4 Å². The Balaban J connectivity index is 1.99. The number of rotatable bonds is 4. The molecule has 1 aromatic rings. The first-order chi connectivity index (χ1) is 9.20. The minimum Gasteiger partial charge on any atom is -0.396 e. The highest BCUT2D eigenvalue weighted by Gasteiger charge is 2.17. The Morgan fingerprint density at radius 2 is 2.16 bits per heavy atom. The van der Waals surface area contributed by atoms with Crippen molar-refractivity contribution in [2.75, 3.05) is 18.5 Å². The number of hydrogen-bond acceptors (Lipinski definition) is 3. The number of carbonyl (C=O) groups is 2. The molecule has 5 nitrogen and oxygen atoms in total. The number of fused-ring (bicyclic) bond motifs is 1. The number of anilines is 1. The van der Waals surface area contributed by atoms with Gasteiger partial charge < -0.3 is 15.7 Å². The van der Waals surface area contributed by atoms with Gasteiger partial charge in [-0.2, -0.15) is 0 Å². The molecule has 102 valence electrons. The molecule has 0 spiro atoms. The number of aryl methyl sites for hydroxylation is 1. The number of carbonyl (C=O) groups excluding carboxylic acids is 2. The van der Waals surface area contributed by atoms with Gasteiger partial charge in [0.1, 0.15) is 0 Å². The van der Waals surface area contributed by atoms with Gasteiger partial charge in [0.25, 0.3) is 0 Å². The summed E-state index contributed by atoms with van der Waals surface area (Å²) in [5.41, 5.74) is 2.40. The van der Waals surface area contributed by atoms with E-state index in [1.807, 2.05) is 12.1 Å². The fraction of sp³-hybridized carbons (Fsp3) is 0.429. The van der Waals surface area contributed by atoms with Gasteiger partial charge >= 0.3 is 6.03 Å². The second-order valence-corrected chi connectivity index (χ2v) is 4.61. The summed E-state index contributed by atoms with van der Waals surface area (Å²) < 4.78 is 0. The zero-order chi connectivity index (χ0) is 13.7. The van der Waals surface area contributed by atoms with Crippen LogP contribution in [-0.2, 0) is 6.42 Å². The fourth-order valence-electron chi connectivity index (χ4n) is 2.16. The van der Waals surface area contributed by atoms with Crippen molar-refractivity contribution in [2.45, 2.75) is 25.7 Å². The lowest BCUT2D eigenvalue weighted by atomic mass is 9.90. The normalized spacial score (nSPS) is 13.8. The average Bonchev–Trinajstić information content (AvgIpc) is 2.40. The Morgan fingerprint density at radius 3 is 2.95 bits per heavy atom. The van der Waals surface area contributed by atoms with Gasteiger partial charge in [-0.15, -0.1) is 0 Å². The Labute approximate surface area is 112 Å². The number of aliphatic hydroxyl groups excluding tert-OH is 1. The van der Waals surface area contributed by atoms with E-state index in [1.54, 1.807) is 6.07 Å². The van der Waals surface area contributed by atoms with Crippen LogP contribution >= 0.6 is 0 Å². The van der Waals surface area contributed by atoms with Crippen molar-refractivity contribution in [3.63, 3.8) is 0 Å². The van der Waals surface area contributed by atoms with Crippen LogP contribution < -0.4 is 10.6 Å². The first kappa shape index (κ1) is 13.5. The predicted octanol–water partition coefficient (Wildman–Crippen LogP) is 1.71. The second kappa shape index (κ2) is 6.33. The molecule has 5 heteroatoms. The van der Waals surface area contributed by atoms with Gasteiger partial charge in [0.05, 0.1) is 0 Å². The van der Waals surface area contributed by atoms with E-state index in [0.717, 1.165) is 24.0 Å². The maximum atomic E-state index is 11.8. The molecule has 0 aliphatic heterocycles. The lowest BCUT2D eigenvalue weighted by Crippen LogP contribution is -2.30. The number of benzene rings is 1. The van der Waals surface area contributed by atoms with Crippen LogP contribution in [-0.4, -0.2) is 30.1 Å². The fourth-order valence-corrected chi connectivity index (χ4v) is 2.16. The average molecular weight is 262 g/mol. The van der Waals surface area contributed by atoms with Crippen LogP contribution in [0.15, 0.2) is 18.2 Å². The first-order valence-electron chi connectivity index (χ1n) is 6.52.